The molecule has 1 saturated heterocycles. The van der Waals surface area contributed by atoms with E-state index in [9.17, 15) is 33.6 Å². The first-order valence-electron chi connectivity index (χ1n) is 12.7. The summed E-state index contributed by atoms with van der Waals surface area (Å²) in [6.45, 7) is 5.78. The molecular formula is C26H29FN3O10P. The Morgan fingerprint density at radius 3 is 2.51 bits per heavy atom. The summed E-state index contributed by atoms with van der Waals surface area (Å²) >= 11 is 0. The molecule has 7 atom stereocenters. The topological polar surface area (TPSA) is 178 Å². The maximum atomic E-state index is 14.2. The van der Waals surface area contributed by atoms with Crippen molar-refractivity contribution < 1.29 is 42.5 Å². The van der Waals surface area contributed by atoms with Gasteiger partial charge in [-0.05, 0) is 39.1 Å². The van der Waals surface area contributed by atoms with Crippen molar-refractivity contribution in [3.63, 3.8) is 0 Å². The number of ether oxygens (including phenoxy) is 2. The number of hydrogen-bond acceptors (Lipinski definition) is 10. The van der Waals surface area contributed by atoms with Gasteiger partial charge in [-0.2, -0.15) is 9.48 Å². The zero-order chi connectivity index (χ0) is 29.9. The van der Waals surface area contributed by atoms with Gasteiger partial charge in [-0.1, -0.05) is 36.4 Å². The highest BCUT2D eigenvalue weighted by molar-refractivity contribution is 7.52. The summed E-state index contributed by atoms with van der Waals surface area (Å²) < 4.78 is 51.1. The van der Waals surface area contributed by atoms with E-state index >= 15 is 0 Å². The number of nitrogens with zero attached hydrogens (tertiary/aromatic N) is 1. The van der Waals surface area contributed by atoms with Crippen LogP contribution in [0.1, 0.15) is 33.9 Å². The lowest BCUT2D eigenvalue weighted by Gasteiger charge is -2.33. The van der Waals surface area contributed by atoms with Gasteiger partial charge in [0.1, 0.15) is 29.6 Å². The SMILES string of the molecule is CC(C)OC(=O)[C@@H](C)NP(=O)(Oc1cccc2ccccc12)OC1[C@H]2O[C@@H](n3cc(F)c(=O)[nH]c3=O)[C@](C)(O)[C@@]12O. The highest BCUT2D eigenvalue weighted by Crippen LogP contribution is 2.64. The van der Waals surface area contributed by atoms with Crippen LogP contribution in [0.3, 0.4) is 0 Å². The Labute approximate surface area is 232 Å². The van der Waals surface area contributed by atoms with Crippen LogP contribution in [0.15, 0.2) is 58.3 Å². The van der Waals surface area contributed by atoms with Gasteiger partial charge in [0.05, 0.1) is 12.3 Å². The Balaban J connectivity index is 1.45. The molecule has 0 radical (unpaired) electrons. The van der Waals surface area contributed by atoms with Crippen molar-refractivity contribution in [1.29, 1.82) is 0 Å². The van der Waals surface area contributed by atoms with Crippen LogP contribution in [0.2, 0.25) is 0 Å². The average molecular weight is 594 g/mol. The third-order valence-corrected chi connectivity index (χ3v) is 8.70. The first-order valence-corrected chi connectivity index (χ1v) is 14.3. The molecule has 1 saturated carbocycles. The molecule has 1 aliphatic carbocycles. The third-order valence-electron chi connectivity index (χ3n) is 7.06. The molecule has 13 nitrogen and oxygen atoms in total. The molecule has 4 N–H and O–H groups in total. The van der Waals surface area contributed by atoms with Gasteiger partial charge in [-0.15, -0.1) is 0 Å². The fraction of sp³-hybridized carbons (Fsp3) is 0.423. The molecular weight excluding hydrogens is 564 g/mol. The summed E-state index contributed by atoms with van der Waals surface area (Å²) in [7, 11) is -4.54. The summed E-state index contributed by atoms with van der Waals surface area (Å²) in [5, 5.41) is 26.5. The number of aromatic nitrogens is 2. The Morgan fingerprint density at radius 1 is 1.17 bits per heavy atom. The molecule has 2 aromatic carbocycles. The van der Waals surface area contributed by atoms with Gasteiger partial charge < -0.3 is 24.2 Å². The normalized spacial score (nSPS) is 29.1. The summed E-state index contributed by atoms with van der Waals surface area (Å²) in [6.07, 6.45) is -4.38. The highest BCUT2D eigenvalue weighted by Gasteiger charge is 2.84. The second kappa shape index (κ2) is 10.2. The molecule has 2 fully saturated rings. The molecule has 2 unspecified atom stereocenters. The van der Waals surface area contributed by atoms with Gasteiger partial charge in [0.25, 0.3) is 5.56 Å². The lowest BCUT2D eigenvalue weighted by molar-refractivity contribution is -0.157. The number of nitrogens with one attached hydrogen (secondary N) is 2. The first-order chi connectivity index (χ1) is 19.2. The predicted molar refractivity (Wildman–Crippen MR) is 142 cm³/mol. The quantitative estimate of drug-likeness (QED) is 0.210. The number of hydrogen-bond donors (Lipinski definition) is 4. The second-order valence-corrected chi connectivity index (χ2v) is 12.1. The van der Waals surface area contributed by atoms with Gasteiger partial charge in [-0.25, -0.2) is 9.36 Å². The smallest absolute Gasteiger partial charge is 0.459 e. The number of aliphatic hydroxyl groups is 2. The standard InChI is InChI=1S/C26H29FN3O10P/c1-13(2)37-22(32)14(3)29-41(36,39-18-11-7-9-15-8-5-6-10-16(15)18)40-20-19-26(20,35)25(4,34)23(38-19)30-12-17(27)21(31)28-24(30)33/h5-14,19-20,23,34-35H,1-4H3,(H,29,36)(H,28,31,33)/t14-,19-,20?,23-,25+,26+,41?/m1/s1. The number of benzene rings is 2. The second-order valence-electron chi connectivity index (χ2n) is 10.5. The molecule has 220 valence electrons. The molecule has 2 heterocycles. The van der Waals surface area contributed by atoms with Crippen molar-refractivity contribution in [1.82, 2.24) is 14.6 Å². The monoisotopic (exact) mass is 593 g/mol. The minimum Gasteiger partial charge on any atom is -0.462 e. The van der Waals surface area contributed by atoms with Crippen molar-refractivity contribution in [2.24, 2.45) is 0 Å². The minimum atomic E-state index is -4.54. The summed E-state index contributed by atoms with van der Waals surface area (Å²) in [5.74, 6) is -1.92. The minimum absolute atomic E-state index is 0.141. The Kier molecular flexibility index (Phi) is 7.21. The summed E-state index contributed by atoms with van der Waals surface area (Å²) in [5.41, 5.74) is -6.90. The number of halogens is 1. The number of fused-ring (bicyclic) bond motifs is 2. The van der Waals surface area contributed by atoms with Gasteiger partial charge in [-0.3, -0.25) is 23.7 Å². The third kappa shape index (κ3) is 5.00. The maximum Gasteiger partial charge on any atom is 0.459 e. The van der Waals surface area contributed by atoms with Crippen LogP contribution in [-0.4, -0.2) is 61.3 Å². The van der Waals surface area contributed by atoms with Crippen molar-refractivity contribution in [2.75, 3.05) is 0 Å². The summed E-state index contributed by atoms with van der Waals surface area (Å²) in [4.78, 5) is 38.0. The van der Waals surface area contributed by atoms with Crippen LogP contribution in [0.5, 0.6) is 5.75 Å². The van der Waals surface area contributed by atoms with Crippen molar-refractivity contribution in [2.45, 2.75) is 69.5 Å². The van der Waals surface area contributed by atoms with Crippen LogP contribution in [-0.2, 0) is 23.4 Å². The van der Waals surface area contributed by atoms with Crippen molar-refractivity contribution >= 4 is 24.5 Å². The fourth-order valence-electron chi connectivity index (χ4n) is 4.90. The first kappa shape index (κ1) is 29.1. The molecule has 0 spiro atoms. The lowest BCUT2D eigenvalue weighted by atomic mass is 9.95. The van der Waals surface area contributed by atoms with E-state index in [0.29, 0.717) is 16.2 Å². The molecule has 15 heteroatoms. The van der Waals surface area contributed by atoms with Gasteiger partial charge in [0.15, 0.2) is 11.8 Å². The van der Waals surface area contributed by atoms with Crippen molar-refractivity contribution in [3.8, 4) is 5.75 Å². The number of rotatable bonds is 9. The molecule has 1 aliphatic heterocycles. The molecule has 2 aliphatic rings. The Morgan fingerprint density at radius 2 is 1.85 bits per heavy atom. The molecule has 41 heavy (non-hydrogen) atoms. The number of carbonyl (C=O) groups is 1. The average Bonchev–Trinajstić information content (AvgIpc) is 3.38. The van der Waals surface area contributed by atoms with Crippen LogP contribution < -0.4 is 20.9 Å². The van der Waals surface area contributed by atoms with Gasteiger partial charge >= 0.3 is 19.4 Å². The van der Waals surface area contributed by atoms with Gasteiger partial charge in [0, 0.05) is 5.39 Å². The van der Waals surface area contributed by atoms with E-state index < -0.39 is 72.6 Å². The van der Waals surface area contributed by atoms with E-state index in [1.807, 2.05) is 12.1 Å². The number of carbonyl (C=O) groups excluding carboxylic acids is 1. The zero-order valence-electron chi connectivity index (χ0n) is 22.4. The van der Waals surface area contributed by atoms with E-state index in [1.54, 1.807) is 49.2 Å². The van der Waals surface area contributed by atoms with E-state index in [-0.39, 0.29) is 5.75 Å². The predicted octanol–water partition coefficient (Wildman–Crippen LogP) is 1.72. The lowest BCUT2D eigenvalue weighted by Crippen LogP contribution is -2.51. The van der Waals surface area contributed by atoms with E-state index in [4.69, 9.17) is 18.5 Å². The zero-order valence-corrected chi connectivity index (χ0v) is 23.3. The van der Waals surface area contributed by atoms with Crippen LogP contribution >= 0.6 is 7.75 Å². The largest absolute Gasteiger partial charge is 0.462 e. The highest BCUT2D eigenvalue weighted by atomic mass is 31.2. The van der Waals surface area contributed by atoms with E-state index in [2.05, 4.69) is 5.09 Å². The van der Waals surface area contributed by atoms with Crippen LogP contribution in [0.4, 0.5) is 4.39 Å². The molecule has 1 aromatic heterocycles. The maximum absolute atomic E-state index is 14.2. The number of H-pyrrole nitrogens is 1. The fourth-order valence-corrected chi connectivity index (χ4v) is 6.62. The van der Waals surface area contributed by atoms with E-state index in [1.165, 1.54) is 6.92 Å². The van der Waals surface area contributed by atoms with E-state index in [0.717, 1.165) is 12.3 Å². The Bertz CT molecular complexity index is 1670. The molecule has 0 amide bonds. The number of esters is 1. The van der Waals surface area contributed by atoms with Crippen LogP contribution in [0, 0.1) is 5.82 Å². The van der Waals surface area contributed by atoms with Crippen LogP contribution in [0.25, 0.3) is 10.8 Å². The van der Waals surface area contributed by atoms with Gasteiger partial charge in [0.2, 0.25) is 5.82 Å². The Hall–Kier alpha value is -3.39. The summed E-state index contributed by atoms with van der Waals surface area (Å²) in [6, 6.07) is 10.9. The van der Waals surface area contributed by atoms with Crippen molar-refractivity contribution in [3.05, 3.63) is 75.3 Å². The number of aromatic amines is 1. The molecule has 0 bridgehead atoms. The molecule has 5 rings (SSSR count). The molecule has 3 aromatic rings.